The van der Waals surface area contributed by atoms with E-state index in [1.807, 2.05) is 0 Å². The lowest BCUT2D eigenvalue weighted by atomic mass is 10.0. The summed E-state index contributed by atoms with van der Waals surface area (Å²) in [5.74, 6) is -1.90. The van der Waals surface area contributed by atoms with Crippen molar-refractivity contribution in [3.8, 4) is 0 Å². The van der Waals surface area contributed by atoms with E-state index >= 15 is 0 Å². The van der Waals surface area contributed by atoms with Crippen molar-refractivity contribution in [2.75, 3.05) is 6.54 Å². The monoisotopic (exact) mass is 312 g/mol. The number of rotatable bonds is 6. The molecule has 1 aromatic carbocycles. The Hall–Kier alpha value is -2.08. The molecule has 0 aromatic heterocycles. The van der Waals surface area contributed by atoms with Crippen LogP contribution in [0.25, 0.3) is 0 Å². The Bertz CT molecular complexity index is 558. The summed E-state index contributed by atoms with van der Waals surface area (Å²) in [6, 6.07) is 6.34. The van der Waals surface area contributed by atoms with E-state index in [1.54, 1.807) is 32.0 Å². The van der Waals surface area contributed by atoms with Gasteiger partial charge in [0.1, 0.15) is 0 Å². The quantitative estimate of drug-likeness (QED) is 0.740. The molecule has 0 fully saturated rings. The highest BCUT2D eigenvalue weighted by Crippen LogP contribution is 2.10. The Morgan fingerprint density at radius 2 is 1.95 bits per heavy atom. The van der Waals surface area contributed by atoms with E-state index in [4.69, 9.17) is 16.7 Å². The fraction of sp³-hybridized carbons (Fsp3) is 0.357. The van der Waals surface area contributed by atoms with Gasteiger partial charge in [-0.3, -0.25) is 14.4 Å². The van der Waals surface area contributed by atoms with Gasteiger partial charge in [0.25, 0.3) is 5.91 Å². The van der Waals surface area contributed by atoms with Crippen LogP contribution in [0.3, 0.4) is 0 Å². The summed E-state index contributed by atoms with van der Waals surface area (Å²) in [6.07, 6.45) is -0.207. The van der Waals surface area contributed by atoms with Crippen LogP contribution in [0.5, 0.6) is 0 Å². The summed E-state index contributed by atoms with van der Waals surface area (Å²) in [6.45, 7) is 2.95. The molecule has 0 aliphatic carbocycles. The van der Waals surface area contributed by atoms with Crippen LogP contribution in [0, 0.1) is 0 Å². The molecule has 7 heteroatoms. The minimum absolute atomic E-state index is 0.207. The van der Waals surface area contributed by atoms with Crippen LogP contribution in [0.1, 0.15) is 30.6 Å². The number of hydrogen-bond donors (Lipinski definition) is 3. The normalized spacial score (nSPS) is 10.8. The molecule has 0 aliphatic heterocycles. The summed E-state index contributed by atoms with van der Waals surface area (Å²) in [5.41, 5.74) is -0.538. The highest BCUT2D eigenvalue weighted by Gasteiger charge is 2.23. The first-order valence-electron chi connectivity index (χ1n) is 6.26. The topological polar surface area (TPSA) is 95.5 Å². The smallest absolute Gasteiger partial charge is 0.305 e. The Morgan fingerprint density at radius 1 is 1.29 bits per heavy atom. The Morgan fingerprint density at radius 3 is 2.52 bits per heavy atom. The molecule has 0 bridgehead atoms. The molecule has 0 radical (unpaired) electrons. The van der Waals surface area contributed by atoms with Crippen LogP contribution in [-0.4, -0.2) is 35.0 Å². The second-order valence-corrected chi connectivity index (χ2v) is 5.63. The number of nitrogens with one attached hydrogen (secondary N) is 2. The molecular weight excluding hydrogens is 296 g/mol. The van der Waals surface area contributed by atoms with Crippen molar-refractivity contribution in [3.05, 3.63) is 34.9 Å². The molecule has 0 saturated heterocycles. The van der Waals surface area contributed by atoms with Crippen molar-refractivity contribution in [1.29, 1.82) is 0 Å². The van der Waals surface area contributed by atoms with Gasteiger partial charge in [0.15, 0.2) is 0 Å². The largest absolute Gasteiger partial charge is 0.481 e. The molecule has 0 atom stereocenters. The zero-order valence-electron chi connectivity index (χ0n) is 11.8. The summed E-state index contributed by atoms with van der Waals surface area (Å²) in [5, 5.41) is 14.1. The van der Waals surface area contributed by atoms with E-state index in [-0.39, 0.29) is 13.0 Å². The SMILES string of the molecule is CC(C)(CC(=O)O)NC(=O)CNC(=O)c1cccc(Cl)c1. The van der Waals surface area contributed by atoms with Crippen LogP contribution in [-0.2, 0) is 9.59 Å². The minimum Gasteiger partial charge on any atom is -0.481 e. The lowest BCUT2D eigenvalue weighted by Crippen LogP contribution is -2.48. The van der Waals surface area contributed by atoms with Crippen molar-refractivity contribution in [3.63, 3.8) is 0 Å². The average Bonchev–Trinajstić information content (AvgIpc) is 2.33. The van der Waals surface area contributed by atoms with Crippen molar-refractivity contribution < 1.29 is 19.5 Å². The van der Waals surface area contributed by atoms with Gasteiger partial charge in [-0.1, -0.05) is 17.7 Å². The number of aliphatic carboxylic acids is 1. The molecule has 3 N–H and O–H groups in total. The van der Waals surface area contributed by atoms with Gasteiger partial charge in [-0.05, 0) is 32.0 Å². The van der Waals surface area contributed by atoms with E-state index in [1.165, 1.54) is 6.07 Å². The fourth-order valence-corrected chi connectivity index (χ4v) is 1.93. The average molecular weight is 313 g/mol. The number of hydrogen-bond acceptors (Lipinski definition) is 3. The van der Waals surface area contributed by atoms with Gasteiger partial charge in [0, 0.05) is 16.1 Å². The molecular formula is C14H17ClN2O4. The first kappa shape index (κ1) is 17.0. The molecule has 0 saturated carbocycles. The van der Waals surface area contributed by atoms with Gasteiger partial charge in [-0.2, -0.15) is 0 Å². The van der Waals surface area contributed by atoms with E-state index < -0.39 is 23.3 Å². The zero-order valence-corrected chi connectivity index (χ0v) is 12.5. The summed E-state index contributed by atoms with van der Waals surface area (Å²) in [7, 11) is 0. The van der Waals surface area contributed by atoms with E-state index in [2.05, 4.69) is 10.6 Å². The third kappa shape index (κ3) is 6.27. The maximum atomic E-state index is 11.8. The first-order valence-corrected chi connectivity index (χ1v) is 6.64. The van der Waals surface area contributed by atoms with Crippen molar-refractivity contribution in [2.45, 2.75) is 25.8 Å². The first-order chi connectivity index (χ1) is 9.69. The van der Waals surface area contributed by atoms with Gasteiger partial charge in [-0.25, -0.2) is 0 Å². The number of halogens is 1. The van der Waals surface area contributed by atoms with E-state index in [0.29, 0.717) is 10.6 Å². The Balaban J connectivity index is 2.50. The number of carboxylic acids is 1. The van der Waals surface area contributed by atoms with Gasteiger partial charge < -0.3 is 15.7 Å². The lowest BCUT2D eigenvalue weighted by molar-refractivity contribution is -0.138. The number of benzene rings is 1. The van der Waals surface area contributed by atoms with E-state index in [0.717, 1.165) is 0 Å². The minimum atomic E-state index is -1.01. The molecule has 0 spiro atoms. The third-order valence-corrected chi connectivity index (χ3v) is 2.80. The molecule has 0 aliphatic rings. The molecule has 0 heterocycles. The summed E-state index contributed by atoms with van der Waals surface area (Å²) in [4.78, 5) is 34.1. The summed E-state index contributed by atoms with van der Waals surface area (Å²) < 4.78 is 0. The molecule has 6 nitrogen and oxygen atoms in total. The van der Waals surface area contributed by atoms with Crippen LogP contribution < -0.4 is 10.6 Å². The predicted molar refractivity (Wildman–Crippen MR) is 78.3 cm³/mol. The fourth-order valence-electron chi connectivity index (χ4n) is 1.74. The van der Waals surface area contributed by atoms with Crippen molar-refractivity contribution in [2.24, 2.45) is 0 Å². The number of amides is 2. The summed E-state index contributed by atoms with van der Waals surface area (Å²) >= 11 is 5.77. The van der Waals surface area contributed by atoms with E-state index in [9.17, 15) is 14.4 Å². The molecule has 2 amide bonds. The Kier molecular flexibility index (Phi) is 5.72. The zero-order chi connectivity index (χ0) is 16.0. The van der Waals surface area contributed by atoms with Gasteiger partial charge >= 0.3 is 5.97 Å². The van der Waals surface area contributed by atoms with Crippen molar-refractivity contribution >= 4 is 29.4 Å². The molecule has 0 unspecified atom stereocenters. The van der Waals surface area contributed by atoms with Crippen LogP contribution in [0.15, 0.2) is 24.3 Å². The van der Waals surface area contributed by atoms with Gasteiger partial charge in [0.05, 0.1) is 13.0 Å². The molecule has 1 rings (SSSR count). The second-order valence-electron chi connectivity index (χ2n) is 5.20. The highest BCUT2D eigenvalue weighted by atomic mass is 35.5. The van der Waals surface area contributed by atoms with Gasteiger partial charge in [0.2, 0.25) is 5.91 Å². The standard InChI is InChI=1S/C14H17ClN2O4/c1-14(2,7-12(19)20)17-11(18)8-16-13(21)9-4-3-5-10(15)6-9/h3-6H,7-8H2,1-2H3,(H,16,21)(H,17,18)(H,19,20). The maximum absolute atomic E-state index is 11.8. The lowest BCUT2D eigenvalue weighted by Gasteiger charge is -2.24. The number of carbonyl (C=O) groups is 3. The third-order valence-electron chi connectivity index (χ3n) is 2.57. The predicted octanol–water partition coefficient (Wildman–Crippen LogP) is 1.44. The molecule has 21 heavy (non-hydrogen) atoms. The van der Waals surface area contributed by atoms with Crippen LogP contribution in [0.4, 0.5) is 0 Å². The molecule has 1 aromatic rings. The number of carboxylic acid groups (broad SMARTS) is 1. The maximum Gasteiger partial charge on any atom is 0.305 e. The van der Waals surface area contributed by atoms with Crippen LogP contribution >= 0.6 is 11.6 Å². The second kappa shape index (κ2) is 7.08. The van der Waals surface area contributed by atoms with Gasteiger partial charge in [-0.15, -0.1) is 0 Å². The highest BCUT2D eigenvalue weighted by molar-refractivity contribution is 6.30. The van der Waals surface area contributed by atoms with Crippen molar-refractivity contribution in [1.82, 2.24) is 10.6 Å². The van der Waals surface area contributed by atoms with Crippen LogP contribution in [0.2, 0.25) is 5.02 Å². The number of carbonyl (C=O) groups excluding carboxylic acids is 2. The molecule has 114 valence electrons. The Labute approximate surface area is 127 Å².